The molecule has 224 valence electrons. The molecular formula is C36H62O3. The molecular weight excluding hydrogens is 480 g/mol. The molecule has 3 saturated carbocycles. The minimum Gasteiger partial charge on any atom is -0.392 e. The lowest BCUT2D eigenvalue weighted by atomic mass is 9.40. The van der Waals surface area contributed by atoms with Crippen LogP contribution in [0.1, 0.15) is 139 Å². The van der Waals surface area contributed by atoms with Crippen LogP contribution in [0.4, 0.5) is 0 Å². The molecule has 1 aliphatic heterocycles. The van der Waals surface area contributed by atoms with E-state index >= 15 is 0 Å². The fourth-order valence-corrected chi connectivity index (χ4v) is 11.6. The molecule has 3 nitrogen and oxygen atoms in total. The van der Waals surface area contributed by atoms with E-state index in [0.29, 0.717) is 11.8 Å². The molecule has 0 bridgehead atoms. The summed E-state index contributed by atoms with van der Waals surface area (Å²) >= 11 is 0. The first-order chi connectivity index (χ1) is 18.4. The van der Waals surface area contributed by atoms with E-state index in [9.17, 15) is 5.11 Å². The maximum atomic E-state index is 11.7. The molecule has 2 unspecified atom stereocenters. The molecule has 0 aromatic carbocycles. The third kappa shape index (κ3) is 4.81. The molecule has 3 heteroatoms. The predicted molar refractivity (Wildman–Crippen MR) is 161 cm³/mol. The summed E-state index contributed by atoms with van der Waals surface area (Å²) in [5.41, 5.74) is 2.24. The second-order valence-electron chi connectivity index (χ2n) is 16.3. The van der Waals surface area contributed by atoms with Crippen molar-refractivity contribution in [3.05, 3.63) is 11.6 Å². The van der Waals surface area contributed by atoms with Crippen LogP contribution in [-0.2, 0) is 9.47 Å². The van der Waals surface area contributed by atoms with Crippen LogP contribution in [0, 0.1) is 51.2 Å². The molecule has 5 rings (SSSR count). The van der Waals surface area contributed by atoms with E-state index in [1.807, 2.05) is 0 Å². The Labute approximate surface area is 241 Å². The van der Waals surface area contributed by atoms with Gasteiger partial charge in [0.15, 0.2) is 6.29 Å². The number of hydrogen-bond acceptors (Lipinski definition) is 3. The molecule has 4 aliphatic carbocycles. The fourth-order valence-electron chi connectivity index (χ4n) is 11.6. The lowest BCUT2D eigenvalue weighted by Gasteiger charge is -2.65. The second kappa shape index (κ2) is 11.0. The molecule has 10 atom stereocenters. The molecule has 0 aromatic heterocycles. The maximum absolute atomic E-state index is 11.7. The first-order valence-corrected chi connectivity index (χ1v) is 17.0. The van der Waals surface area contributed by atoms with Crippen LogP contribution in [0.3, 0.4) is 0 Å². The Hall–Kier alpha value is -0.380. The largest absolute Gasteiger partial charge is 0.392 e. The lowest BCUT2D eigenvalue weighted by Crippen LogP contribution is -2.61. The first-order valence-electron chi connectivity index (χ1n) is 17.0. The lowest BCUT2D eigenvalue weighted by molar-refractivity contribution is -0.240. The van der Waals surface area contributed by atoms with Gasteiger partial charge in [-0.1, -0.05) is 79.4 Å². The number of aliphatic hydroxyl groups excluding tert-OH is 1. The predicted octanol–water partition coefficient (Wildman–Crippen LogP) is 9.33. The summed E-state index contributed by atoms with van der Waals surface area (Å²) < 4.78 is 12.7. The van der Waals surface area contributed by atoms with Crippen LogP contribution in [0.15, 0.2) is 11.6 Å². The zero-order valence-corrected chi connectivity index (χ0v) is 26.9. The minimum absolute atomic E-state index is 0.00563. The highest BCUT2D eigenvalue weighted by atomic mass is 16.7. The van der Waals surface area contributed by atoms with E-state index in [0.717, 1.165) is 43.6 Å². The number of rotatable bonds is 8. The van der Waals surface area contributed by atoms with Gasteiger partial charge >= 0.3 is 0 Å². The molecule has 39 heavy (non-hydrogen) atoms. The number of fused-ring (bicyclic) bond motifs is 5. The van der Waals surface area contributed by atoms with Gasteiger partial charge in [-0.3, -0.25) is 0 Å². The average Bonchev–Trinajstić information content (AvgIpc) is 3.20. The number of hydrogen-bond donors (Lipinski definition) is 1. The summed E-state index contributed by atoms with van der Waals surface area (Å²) in [6.07, 6.45) is 18.7. The Kier molecular flexibility index (Phi) is 8.51. The monoisotopic (exact) mass is 542 g/mol. The highest BCUT2D eigenvalue weighted by molar-refractivity contribution is 5.35. The Bertz CT molecular complexity index is 884. The third-order valence-corrected chi connectivity index (χ3v) is 13.7. The fraction of sp³-hybridized carbons (Fsp3) is 0.944. The van der Waals surface area contributed by atoms with E-state index in [1.54, 1.807) is 5.57 Å². The van der Waals surface area contributed by atoms with E-state index < -0.39 is 0 Å². The molecule has 0 aromatic rings. The summed E-state index contributed by atoms with van der Waals surface area (Å²) in [5.74, 6) is 3.47. The van der Waals surface area contributed by atoms with E-state index in [2.05, 4.69) is 61.5 Å². The van der Waals surface area contributed by atoms with Crippen molar-refractivity contribution < 1.29 is 14.6 Å². The smallest absolute Gasteiger partial charge is 0.157 e. The topological polar surface area (TPSA) is 38.7 Å². The highest BCUT2D eigenvalue weighted by Gasteiger charge is 2.68. The van der Waals surface area contributed by atoms with Gasteiger partial charge in [0, 0.05) is 12.0 Å². The van der Waals surface area contributed by atoms with Gasteiger partial charge in [0.2, 0.25) is 0 Å². The molecule has 5 aliphatic rings. The van der Waals surface area contributed by atoms with Gasteiger partial charge in [0.1, 0.15) is 0 Å². The van der Waals surface area contributed by atoms with E-state index in [4.69, 9.17) is 9.47 Å². The van der Waals surface area contributed by atoms with Gasteiger partial charge in [-0.15, -0.1) is 0 Å². The second-order valence-corrected chi connectivity index (χ2v) is 16.3. The summed E-state index contributed by atoms with van der Waals surface area (Å²) in [5, 5.41) is 11.7. The Balaban J connectivity index is 1.41. The molecule has 0 spiro atoms. The van der Waals surface area contributed by atoms with Crippen molar-refractivity contribution in [1.82, 2.24) is 0 Å². The number of aliphatic hydroxyl groups is 1. The first kappa shape index (κ1) is 30.1. The van der Waals surface area contributed by atoms with Crippen LogP contribution < -0.4 is 0 Å². The summed E-state index contributed by atoms with van der Waals surface area (Å²) in [6.45, 7) is 20.4. The SMILES string of the molecule is CC(C)CCC[C@@H](C)[C@H]1CC[C@@]2([C@H](C)O)C3=CCC4C(C)(C)[C@@H](OC5CCCCO5)CC[C@]4(C)[C@H]3CC[C@]12C. The molecule has 1 N–H and O–H groups in total. The standard InChI is InChI=1S/C36H62O3/c1-24(2)12-11-13-25(3)27-18-22-36(26(4)37)29-15-16-30-33(5,6)31(39-32-14-9-10-23-38-32)19-20-34(30,7)28(29)17-21-35(27,36)8/h15,24-28,30-32,37H,9-14,16-23H2,1-8H3/t25-,26+,27-,28+,30?,31+,32?,34-,35-,36-/m1/s1. The quantitative estimate of drug-likeness (QED) is 0.311. The van der Waals surface area contributed by atoms with Crippen LogP contribution in [-0.4, -0.2) is 30.2 Å². The van der Waals surface area contributed by atoms with Crippen LogP contribution in [0.5, 0.6) is 0 Å². The van der Waals surface area contributed by atoms with Crippen molar-refractivity contribution in [2.75, 3.05) is 6.61 Å². The third-order valence-electron chi connectivity index (χ3n) is 13.7. The minimum atomic E-state index is -0.277. The normalized spacial score (nSPS) is 45.2. The van der Waals surface area contributed by atoms with Gasteiger partial charge in [-0.25, -0.2) is 0 Å². The zero-order chi connectivity index (χ0) is 28.2. The van der Waals surface area contributed by atoms with Crippen molar-refractivity contribution in [1.29, 1.82) is 0 Å². The number of allylic oxidation sites excluding steroid dienone is 1. The van der Waals surface area contributed by atoms with Gasteiger partial charge in [0.05, 0.1) is 12.2 Å². The molecule has 0 amide bonds. The van der Waals surface area contributed by atoms with E-state index in [-0.39, 0.29) is 40.2 Å². The van der Waals surface area contributed by atoms with Crippen molar-refractivity contribution in [3.63, 3.8) is 0 Å². The maximum Gasteiger partial charge on any atom is 0.157 e. The van der Waals surface area contributed by atoms with Crippen molar-refractivity contribution >= 4 is 0 Å². The average molecular weight is 543 g/mol. The van der Waals surface area contributed by atoms with Gasteiger partial charge in [-0.05, 0) is 117 Å². The van der Waals surface area contributed by atoms with Gasteiger partial charge < -0.3 is 14.6 Å². The van der Waals surface area contributed by atoms with E-state index in [1.165, 1.54) is 64.2 Å². The Morgan fingerprint density at radius 3 is 2.38 bits per heavy atom. The molecule has 1 heterocycles. The highest BCUT2D eigenvalue weighted by Crippen LogP contribution is 2.74. The summed E-state index contributed by atoms with van der Waals surface area (Å²) in [6, 6.07) is 0. The van der Waals surface area contributed by atoms with Gasteiger partial charge in [-0.2, -0.15) is 0 Å². The molecule has 0 radical (unpaired) electrons. The Morgan fingerprint density at radius 1 is 0.949 bits per heavy atom. The Morgan fingerprint density at radius 2 is 1.72 bits per heavy atom. The van der Waals surface area contributed by atoms with Crippen molar-refractivity contribution in [2.45, 2.75) is 157 Å². The van der Waals surface area contributed by atoms with Crippen LogP contribution in [0.2, 0.25) is 0 Å². The van der Waals surface area contributed by atoms with Crippen molar-refractivity contribution in [3.8, 4) is 0 Å². The number of ether oxygens (including phenoxy) is 2. The molecule has 1 saturated heterocycles. The van der Waals surface area contributed by atoms with Gasteiger partial charge in [0.25, 0.3) is 0 Å². The van der Waals surface area contributed by atoms with Crippen molar-refractivity contribution in [2.24, 2.45) is 51.2 Å². The zero-order valence-electron chi connectivity index (χ0n) is 26.9. The van der Waals surface area contributed by atoms with Crippen LogP contribution >= 0.6 is 0 Å². The van der Waals surface area contributed by atoms with Crippen LogP contribution in [0.25, 0.3) is 0 Å². The summed E-state index contributed by atoms with van der Waals surface area (Å²) in [4.78, 5) is 0. The molecule has 4 fully saturated rings. The summed E-state index contributed by atoms with van der Waals surface area (Å²) in [7, 11) is 0.